The second kappa shape index (κ2) is 5.00. The van der Waals surface area contributed by atoms with E-state index in [4.69, 9.17) is 4.74 Å². The largest absolute Gasteiger partial charge is 0.381 e. The van der Waals surface area contributed by atoms with Crippen LogP contribution in [-0.4, -0.2) is 29.2 Å². The lowest BCUT2D eigenvalue weighted by molar-refractivity contribution is 0.0904. The molecule has 0 spiro atoms. The highest BCUT2D eigenvalue weighted by Gasteiger charge is 2.18. The fourth-order valence-electron chi connectivity index (χ4n) is 1.90. The third-order valence-electron chi connectivity index (χ3n) is 3.01. The third kappa shape index (κ3) is 3.40. The summed E-state index contributed by atoms with van der Waals surface area (Å²) in [5, 5.41) is 3.46. The van der Waals surface area contributed by atoms with E-state index in [2.05, 4.69) is 42.1 Å². The molecule has 94 valence electrons. The lowest BCUT2D eigenvalue weighted by Gasteiger charge is -2.24. The van der Waals surface area contributed by atoms with Gasteiger partial charge in [0.25, 0.3) is 0 Å². The SMILES string of the molecule is CC(C)(C)c1cc(NC2CCOCC2)ncn1. The molecule has 1 aromatic rings. The first kappa shape index (κ1) is 12.3. The second-order valence-electron chi connectivity index (χ2n) is 5.57. The van der Waals surface area contributed by atoms with Crippen molar-refractivity contribution in [3.05, 3.63) is 18.1 Å². The van der Waals surface area contributed by atoms with Gasteiger partial charge >= 0.3 is 0 Å². The second-order valence-corrected chi connectivity index (χ2v) is 5.57. The highest BCUT2D eigenvalue weighted by molar-refractivity contribution is 5.37. The Bertz CT molecular complexity index is 367. The normalized spacial score (nSPS) is 18.1. The lowest BCUT2D eigenvalue weighted by Crippen LogP contribution is -2.28. The van der Waals surface area contributed by atoms with Crippen molar-refractivity contribution in [1.82, 2.24) is 9.97 Å². The van der Waals surface area contributed by atoms with Crippen molar-refractivity contribution in [3.63, 3.8) is 0 Å². The minimum Gasteiger partial charge on any atom is -0.381 e. The van der Waals surface area contributed by atoms with Crippen molar-refractivity contribution in [1.29, 1.82) is 0 Å². The molecule has 1 aliphatic rings. The summed E-state index contributed by atoms with van der Waals surface area (Å²) in [7, 11) is 0. The van der Waals surface area contributed by atoms with Gasteiger partial charge in [0.15, 0.2) is 0 Å². The molecule has 0 unspecified atom stereocenters. The van der Waals surface area contributed by atoms with Crippen LogP contribution in [0.25, 0.3) is 0 Å². The molecule has 0 amide bonds. The number of ether oxygens (including phenoxy) is 1. The molecule has 0 radical (unpaired) electrons. The van der Waals surface area contributed by atoms with E-state index in [0.717, 1.165) is 37.6 Å². The Balaban J connectivity index is 2.05. The molecule has 0 aliphatic carbocycles. The van der Waals surface area contributed by atoms with Gasteiger partial charge in [-0.1, -0.05) is 20.8 Å². The van der Waals surface area contributed by atoms with E-state index in [1.165, 1.54) is 0 Å². The van der Waals surface area contributed by atoms with Crippen LogP contribution in [0.3, 0.4) is 0 Å². The first-order valence-electron chi connectivity index (χ1n) is 6.22. The Morgan fingerprint density at radius 2 is 1.94 bits per heavy atom. The van der Waals surface area contributed by atoms with Crippen LogP contribution >= 0.6 is 0 Å². The van der Waals surface area contributed by atoms with Crippen molar-refractivity contribution in [3.8, 4) is 0 Å². The number of hydrogen-bond donors (Lipinski definition) is 1. The molecular formula is C13H21N3O. The summed E-state index contributed by atoms with van der Waals surface area (Å²) in [5.41, 5.74) is 1.14. The number of aromatic nitrogens is 2. The average Bonchev–Trinajstić information content (AvgIpc) is 2.29. The van der Waals surface area contributed by atoms with Crippen LogP contribution in [0, 0.1) is 0 Å². The van der Waals surface area contributed by atoms with Gasteiger partial charge in [-0.2, -0.15) is 0 Å². The molecule has 4 heteroatoms. The predicted octanol–water partition coefficient (Wildman–Crippen LogP) is 2.37. The number of nitrogens with zero attached hydrogens (tertiary/aromatic N) is 2. The number of nitrogens with one attached hydrogen (secondary N) is 1. The third-order valence-corrected chi connectivity index (χ3v) is 3.01. The summed E-state index contributed by atoms with van der Waals surface area (Å²) in [6.07, 6.45) is 3.74. The molecule has 1 N–H and O–H groups in total. The van der Waals surface area contributed by atoms with E-state index in [1.54, 1.807) is 6.33 Å². The van der Waals surface area contributed by atoms with Crippen molar-refractivity contribution in [2.45, 2.75) is 45.1 Å². The fraction of sp³-hybridized carbons (Fsp3) is 0.692. The summed E-state index contributed by atoms with van der Waals surface area (Å²) in [6.45, 7) is 8.17. The molecule has 0 saturated carbocycles. The Hall–Kier alpha value is -1.16. The molecule has 0 atom stereocenters. The molecule has 1 aliphatic heterocycles. The van der Waals surface area contributed by atoms with Gasteiger partial charge in [-0.25, -0.2) is 9.97 Å². The maximum absolute atomic E-state index is 5.34. The minimum atomic E-state index is 0.0645. The van der Waals surface area contributed by atoms with Crippen molar-refractivity contribution in [2.75, 3.05) is 18.5 Å². The Kier molecular flexibility index (Phi) is 3.62. The van der Waals surface area contributed by atoms with Crippen LogP contribution in [0.2, 0.25) is 0 Å². The molecule has 0 bridgehead atoms. The quantitative estimate of drug-likeness (QED) is 0.855. The van der Waals surface area contributed by atoms with Crippen LogP contribution in [0.1, 0.15) is 39.3 Å². The van der Waals surface area contributed by atoms with Crippen molar-refractivity contribution in [2.24, 2.45) is 0 Å². The minimum absolute atomic E-state index is 0.0645. The van der Waals surface area contributed by atoms with E-state index >= 15 is 0 Å². The van der Waals surface area contributed by atoms with E-state index in [-0.39, 0.29) is 5.41 Å². The van der Waals surface area contributed by atoms with Gasteiger partial charge < -0.3 is 10.1 Å². The summed E-state index contributed by atoms with van der Waals surface area (Å²) >= 11 is 0. The Morgan fingerprint density at radius 3 is 2.59 bits per heavy atom. The molecule has 2 rings (SSSR count). The maximum Gasteiger partial charge on any atom is 0.129 e. The van der Waals surface area contributed by atoms with Gasteiger partial charge in [0, 0.05) is 30.7 Å². The number of hydrogen-bond acceptors (Lipinski definition) is 4. The average molecular weight is 235 g/mol. The van der Waals surface area contributed by atoms with E-state index < -0.39 is 0 Å². The molecule has 2 heterocycles. The summed E-state index contributed by atoms with van der Waals surface area (Å²) in [5.74, 6) is 0.928. The fourth-order valence-corrected chi connectivity index (χ4v) is 1.90. The molecule has 1 saturated heterocycles. The molecule has 1 fully saturated rings. The van der Waals surface area contributed by atoms with E-state index in [1.807, 2.05) is 0 Å². The lowest BCUT2D eigenvalue weighted by atomic mass is 9.92. The molecule has 1 aromatic heterocycles. The highest BCUT2D eigenvalue weighted by Crippen LogP contribution is 2.22. The standard InChI is InChI=1S/C13H21N3O/c1-13(2,3)11-8-12(15-9-14-11)16-10-4-6-17-7-5-10/h8-10H,4-7H2,1-3H3,(H,14,15,16). The van der Waals surface area contributed by atoms with Gasteiger partial charge in [-0.05, 0) is 12.8 Å². The van der Waals surface area contributed by atoms with Gasteiger partial charge in [0.05, 0.1) is 5.69 Å². The number of anilines is 1. The van der Waals surface area contributed by atoms with Gasteiger partial charge in [-0.15, -0.1) is 0 Å². The van der Waals surface area contributed by atoms with Crippen molar-refractivity contribution < 1.29 is 4.74 Å². The molecule has 0 aromatic carbocycles. The zero-order valence-electron chi connectivity index (χ0n) is 10.9. The summed E-state index contributed by atoms with van der Waals surface area (Å²) in [4.78, 5) is 8.61. The van der Waals surface area contributed by atoms with Crippen molar-refractivity contribution >= 4 is 5.82 Å². The van der Waals surface area contributed by atoms with Gasteiger partial charge in [0.1, 0.15) is 12.1 Å². The first-order chi connectivity index (χ1) is 8.05. The summed E-state index contributed by atoms with van der Waals surface area (Å²) in [6, 6.07) is 2.53. The summed E-state index contributed by atoms with van der Waals surface area (Å²) < 4.78 is 5.34. The van der Waals surface area contributed by atoms with E-state index in [9.17, 15) is 0 Å². The zero-order chi connectivity index (χ0) is 12.3. The predicted molar refractivity (Wildman–Crippen MR) is 68.2 cm³/mol. The van der Waals surface area contributed by atoms with Gasteiger partial charge in [0.2, 0.25) is 0 Å². The zero-order valence-corrected chi connectivity index (χ0v) is 10.9. The number of rotatable bonds is 2. The first-order valence-corrected chi connectivity index (χ1v) is 6.22. The maximum atomic E-state index is 5.34. The highest BCUT2D eigenvalue weighted by atomic mass is 16.5. The van der Waals surface area contributed by atoms with Gasteiger partial charge in [-0.3, -0.25) is 0 Å². The van der Waals surface area contributed by atoms with Crippen LogP contribution in [-0.2, 0) is 10.2 Å². The molecule has 17 heavy (non-hydrogen) atoms. The van der Waals surface area contributed by atoms with Crippen LogP contribution < -0.4 is 5.32 Å². The smallest absolute Gasteiger partial charge is 0.129 e. The van der Waals surface area contributed by atoms with Crippen LogP contribution in [0.15, 0.2) is 12.4 Å². The van der Waals surface area contributed by atoms with E-state index in [0.29, 0.717) is 6.04 Å². The van der Waals surface area contributed by atoms with Crippen LogP contribution in [0.5, 0.6) is 0 Å². The Morgan fingerprint density at radius 1 is 1.24 bits per heavy atom. The molecule has 4 nitrogen and oxygen atoms in total. The monoisotopic (exact) mass is 235 g/mol. The molecular weight excluding hydrogens is 214 g/mol. The van der Waals surface area contributed by atoms with Crippen LogP contribution in [0.4, 0.5) is 5.82 Å². The topological polar surface area (TPSA) is 47.0 Å². The Labute approximate surface area is 103 Å².